The third kappa shape index (κ3) is 1.79. The minimum Gasteiger partial charge on any atom is -0.385 e. The number of hydrogen-bond donors (Lipinski definition) is 1. The van der Waals surface area contributed by atoms with E-state index in [4.69, 9.17) is 0 Å². The van der Waals surface area contributed by atoms with E-state index in [1.807, 2.05) is 13.0 Å². The minimum atomic E-state index is -0.643. The summed E-state index contributed by atoms with van der Waals surface area (Å²) < 4.78 is 0. The van der Waals surface area contributed by atoms with Gasteiger partial charge in [-0.15, -0.1) is 0 Å². The predicted octanol–water partition coefficient (Wildman–Crippen LogP) is 4.05. The van der Waals surface area contributed by atoms with Crippen molar-refractivity contribution < 1.29 is 9.90 Å². The van der Waals surface area contributed by atoms with E-state index >= 15 is 0 Å². The molecule has 0 aliphatic heterocycles. The summed E-state index contributed by atoms with van der Waals surface area (Å²) in [5.41, 5.74) is 0.853. The summed E-state index contributed by atoms with van der Waals surface area (Å²) >= 11 is 0. The monoisotopic (exact) mass is 300 g/mol. The van der Waals surface area contributed by atoms with E-state index in [1.54, 1.807) is 0 Å². The largest absolute Gasteiger partial charge is 0.385 e. The number of aliphatic hydroxyl groups is 1. The Morgan fingerprint density at radius 3 is 2.82 bits per heavy atom. The Morgan fingerprint density at radius 2 is 2.05 bits per heavy atom. The van der Waals surface area contributed by atoms with Crippen molar-refractivity contribution in [3.63, 3.8) is 0 Å². The Labute approximate surface area is 133 Å². The number of hydrogen-bond acceptors (Lipinski definition) is 2. The van der Waals surface area contributed by atoms with Crippen molar-refractivity contribution in [2.24, 2.45) is 29.1 Å². The van der Waals surface area contributed by atoms with Gasteiger partial charge in [-0.05, 0) is 75.2 Å². The Hall–Kier alpha value is -0.890. The smallest absolute Gasteiger partial charge is 0.155 e. The van der Waals surface area contributed by atoms with E-state index in [-0.39, 0.29) is 5.41 Å². The van der Waals surface area contributed by atoms with Gasteiger partial charge in [0.1, 0.15) is 0 Å². The summed E-state index contributed by atoms with van der Waals surface area (Å²) in [6, 6.07) is 0. The molecule has 120 valence electrons. The van der Waals surface area contributed by atoms with Crippen LogP contribution >= 0.6 is 0 Å². The first-order valence-electron chi connectivity index (χ1n) is 9.13. The molecule has 2 fully saturated rings. The molecule has 4 aliphatic carbocycles. The van der Waals surface area contributed by atoms with Crippen LogP contribution in [0.4, 0.5) is 0 Å². The van der Waals surface area contributed by atoms with Gasteiger partial charge in [0.15, 0.2) is 5.78 Å². The normalized spacial score (nSPS) is 50.1. The summed E-state index contributed by atoms with van der Waals surface area (Å²) in [4.78, 5) is 11.7. The number of fused-ring (bicyclic) bond motifs is 5. The fraction of sp³-hybridized carbons (Fsp3) is 0.750. The predicted molar refractivity (Wildman–Crippen MR) is 87.2 cm³/mol. The summed E-state index contributed by atoms with van der Waals surface area (Å²) in [7, 11) is 0. The quantitative estimate of drug-likeness (QED) is 0.742. The van der Waals surface area contributed by atoms with Crippen molar-refractivity contribution in [3.05, 3.63) is 23.8 Å². The molecule has 0 aromatic heterocycles. The Morgan fingerprint density at radius 1 is 1.23 bits per heavy atom. The van der Waals surface area contributed by atoms with Crippen molar-refractivity contribution >= 4 is 5.78 Å². The number of carbonyl (C=O) groups is 1. The van der Waals surface area contributed by atoms with Crippen LogP contribution < -0.4 is 0 Å². The van der Waals surface area contributed by atoms with E-state index in [1.165, 1.54) is 18.4 Å². The number of allylic oxidation sites excluding steroid dienone is 3. The van der Waals surface area contributed by atoms with Crippen LogP contribution in [-0.2, 0) is 4.79 Å². The first kappa shape index (κ1) is 14.7. The van der Waals surface area contributed by atoms with Gasteiger partial charge in [-0.25, -0.2) is 0 Å². The molecule has 4 rings (SSSR count). The molecule has 0 bridgehead atoms. The van der Waals surface area contributed by atoms with Crippen molar-refractivity contribution in [3.8, 4) is 0 Å². The molecule has 0 aromatic rings. The maximum atomic E-state index is 11.7. The van der Waals surface area contributed by atoms with Crippen molar-refractivity contribution in [2.75, 3.05) is 0 Å². The fourth-order valence-corrected chi connectivity index (χ4v) is 6.47. The Kier molecular flexibility index (Phi) is 3.21. The zero-order valence-corrected chi connectivity index (χ0v) is 13.8. The molecule has 2 nitrogen and oxygen atoms in total. The second-order valence-corrected chi connectivity index (χ2v) is 8.28. The van der Waals surface area contributed by atoms with Crippen LogP contribution in [0.25, 0.3) is 0 Å². The third-order valence-corrected chi connectivity index (χ3v) is 7.65. The zero-order chi connectivity index (χ0) is 15.5. The second kappa shape index (κ2) is 4.80. The van der Waals surface area contributed by atoms with Crippen LogP contribution in [0.15, 0.2) is 23.8 Å². The van der Waals surface area contributed by atoms with Gasteiger partial charge >= 0.3 is 0 Å². The molecule has 0 spiro atoms. The van der Waals surface area contributed by atoms with Gasteiger partial charge < -0.3 is 5.11 Å². The molecule has 22 heavy (non-hydrogen) atoms. The van der Waals surface area contributed by atoms with Gasteiger partial charge in [-0.2, -0.15) is 0 Å². The highest BCUT2D eigenvalue weighted by atomic mass is 16.3. The fourth-order valence-electron chi connectivity index (χ4n) is 6.47. The zero-order valence-electron chi connectivity index (χ0n) is 13.8. The van der Waals surface area contributed by atoms with Crippen molar-refractivity contribution in [1.29, 1.82) is 0 Å². The van der Waals surface area contributed by atoms with Crippen LogP contribution in [0.3, 0.4) is 0 Å². The molecule has 0 amide bonds. The van der Waals surface area contributed by atoms with Gasteiger partial charge in [0, 0.05) is 11.8 Å². The van der Waals surface area contributed by atoms with Crippen molar-refractivity contribution in [1.82, 2.24) is 0 Å². The highest BCUT2D eigenvalue weighted by Gasteiger charge is 2.59. The number of ketones is 1. The van der Waals surface area contributed by atoms with Gasteiger partial charge in [-0.1, -0.05) is 24.6 Å². The molecule has 4 aliphatic rings. The third-order valence-electron chi connectivity index (χ3n) is 7.65. The topological polar surface area (TPSA) is 37.3 Å². The van der Waals surface area contributed by atoms with Gasteiger partial charge in [-0.3, -0.25) is 4.79 Å². The molecule has 6 atom stereocenters. The summed E-state index contributed by atoms with van der Waals surface area (Å²) in [6.07, 6.45) is 13.9. The van der Waals surface area contributed by atoms with E-state index in [0.717, 1.165) is 38.0 Å². The van der Waals surface area contributed by atoms with Gasteiger partial charge in [0.25, 0.3) is 0 Å². The number of rotatable bonds is 1. The van der Waals surface area contributed by atoms with E-state index in [9.17, 15) is 9.90 Å². The first-order chi connectivity index (χ1) is 10.5. The van der Waals surface area contributed by atoms with Crippen LogP contribution in [-0.4, -0.2) is 16.5 Å². The highest BCUT2D eigenvalue weighted by molar-refractivity contribution is 5.91. The summed E-state index contributed by atoms with van der Waals surface area (Å²) in [6.45, 7) is 4.27. The Balaban J connectivity index is 1.67. The molecule has 0 radical (unpaired) electrons. The molecular weight excluding hydrogens is 272 g/mol. The lowest BCUT2D eigenvalue weighted by Crippen LogP contribution is -2.53. The average Bonchev–Trinajstić information content (AvgIpc) is 2.78. The van der Waals surface area contributed by atoms with Gasteiger partial charge in [0.05, 0.1) is 5.60 Å². The SMILES string of the molecule is CCC12CC[C@@H]3C4CCC(=O)C=C4CCC3[C@@H]1C=CC2(C)O. The second-order valence-electron chi connectivity index (χ2n) is 8.28. The minimum absolute atomic E-state index is 0.0554. The molecule has 4 unspecified atom stereocenters. The summed E-state index contributed by atoms with van der Waals surface area (Å²) in [5.74, 6) is 2.95. The lowest BCUT2D eigenvalue weighted by Gasteiger charge is -2.56. The van der Waals surface area contributed by atoms with E-state index in [2.05, 4.69) is 19.1 Å². The average molecular weight is 300 g/mol. The molecule has 1 N–H and O–H groups in total. The molecule has 0 saturated heterocycles. The summed E-state index contributed by atoms with van der Waals surface area (Å²) in [5, 5.41) is 11.0. The van der Waals surface area contributed by atoms with E-state index < -0.39 is 5.60 Å². The van der Waals surface area contributed by atoms with Crippen LogP contribution in [0.5, 0.6) is 0 Å². The maximum Gasteiger partial charge on any atom is 0.155 e. The first-order valence-corrected chi connectivity index (χ1v) is 9.13. The van der Waals surface area contributed by atoms with Gasteiger partial charge in [0.2, 0.25) is 0 Å². The molecular formula is C20H28O2. The molecule has 0 heterocycles. The lowest BCUT2D eigenvalue weighted by atomic mass is 9.49. The Bertz CT molecular complexity index is 556. The molecule has 2 saturated carbocycles. The maximum absolute atomic E-state index is 11.7. The van der Waals surface area contributed by atoms with Crippen LogP contribution in [0.1, 0.15) is 58.8 Å². The van der Waals surface area contributed by atoms with Crippen LogP contribution in [0, 0.1) is 29.1 Å². The van der Waals surface area contributed by atoms with Crippen molar-refractivity contribution in [2.45, 2.75) is 64.4 Å². The lowest BCUT2D eigenvalue weighted by molar-refractivity contribution is -0.118. The van der Waals surface area contributed by atoms with E-state index in [0.29, 0.717) is 23.5 Å². The molecule has 2 heteroatoms. The number of carbonyl (C=O) groups excluding carboxylic acids is 1. The van der Waals surface area contributed by atoms with Crippen LogP contribution in [0.2, 0.25) is 0 Å². The highest BCUT2D eigenvalue weighted by Crippen LogP contribution is 2.63. The molecule has 0 aromatic carbocycles. The standard InChI is InChI=1S/C20H28O2/c1-3-20-11-8-16-15-7-5-14(21)12-13(15)4-6-17(16)18(20)9-10-19(20,2)22/h9-10,12,15-18,22H,3-8,11H2,1-2H3/t15?,16-,17?,18+,19?,20?/m1/s1.